The maximum absolute atomic E-state index is 12.3. The number of carbonyl (C=O) groups excluding carboxylic acids is 2. The third-order valence-corrected chi connectivity index (χ3v) is 6.03. The lowest BCUT2D eigenvalue weighted by molar-refractivity contribution is -0.150. The fourth-order valence-electron chi connectivity index (χ4n) is 3.98. The van der Waals surface area contributed by atoms with Crippen molar-refractivity contribution in [3.05, 3.63) is 0 Å². The first-order valence-electron chi connectivity index (χ1n) is 13.7. The van der Waals surface area contributed by atoms with E-state index in [1.807, 2.05) is 0 Å². The van der Waals surface area contributed by atoms with Gasteiger partial charge in [-0.05, 0) is 38.5 Å². The van der Waals surface area contributed by atoms with E-state index in [0.717, 1.165) is 57.8 Å². The van der Waals surface area contributed by atoms with Crippen LogP contribution in [-0.2, 0) is 19.1 Å². The molecule has 0 radical (unpaired) electrons. The summed E-state index contributed by atoms with van der Waals surface area (Å²) >= 11 is 0. The van der Waals surface area contributed by atoms with Crippen LogP contribution in [0.25, 0.3) is 0 Å². The van der Waals surface area contributed by atoms with Crippen LogP contribution in [0.2, 0.25) is 0 Å². The minimum atomic E-state index is -1.02. The maximum Gasteiger partial charge on any atom is 0.322 e. The van der Waals surface area contributed by atoms with Crippen molar-refractivity contribution in [2.24, 2.45) is 0 Å². The molecule has 33 heavy (non-hydrogen) atoms. The van der Waals surface area contributed by atoms with Gasteiger partial charge in [-0.2, -0.15) is 0 Å². The molecule has 2 N–H and O–H groups in total. The van der Waals surface area contributed by atoms with E-state index in [0.29, 0.717) is 12.8 Å². The van der Waals surface area contributed by atoms with Gasteiger partial charge in [-0.1, -0.05) is 90.9 Å². The number of carboxylic acid groups (broad SMARTS) is 1. The normalized spacial score (nSPS) is 11.8. The van der Waals surface area contributed by atoms with E-state index in [1.54, 1.807) is 0 Å². The van der Waals surface area contributed by atoms with E-state index in [1.165, 1.54) is 57.8 Å². The van der Waals surface area contributed by atoms with Gasteiger partial charge < -0.3 is 15.2 Å². The summed E-state index contributed by atoms with van der Waals surface area (Å²) < 4.78 is 5.84. The van der Waals surface area contributed by atoms with Crippen molar-refractivity contribution in [1.29, 1.82) is 0 Å². The van der Waals surface area contributed by atoms with Gasteiger partial charge in [-0.15, -0.1) is 0 Å². The molecule has 0 aromatic rings. The molecule has 0 rings (SSSR count). The topological polar surface area (TPSA) is 92.7 Å². The third-order valence-electron chi connectivity index (χ3n) is 6.03. The Morgan fingerprint density at radius 1 is 0.667 bits per heavy atom. The van der Waals surface area contributed by atoms with Crippen LogP contribution >= 0.6 is 0 Å². The molecule has 0 aliphatic rings. The van der Waals surface area contributed by atoms with Crippen molar-refractivity contribution in [1.82, 2.24) is 5.32 Å². The second-order valence-electron chi connectivity index (χ2n) is 9.31. The Kier molecular flexibility index (Phi) is 22.4. The van der Waals surface area contributed by atoms with Crippen LogP contribution in [0.3, 0.4) is 0 Å². The lowest BCUT2D eigenvalue weighted by Gasteiger charge is -2.18. The Balaban J connectivity index is 4.07. The van der Waals surface area contributed by atoms with Crippen molar-refractivity contribution in [2.75, 3.05) is 6.54 Å². The van der Waals surface area contributed by atoms with E-state index in [2.05, 4.69) is 19.2 Å². The van der Waals surface area contributed by atoms with Gasteiger partial charge in [0.05, 0.1) is 0 Å². The molecule has 0 spiro atoms. The summed E-state index contributed by atoms with van der Waals surface area (Å²) in [7, 11) is 0. The number of rotatable bonds is 24. The second-order valence-corrected chi connectivity index (χ2v) is 9.31. The lowest BCUT2D eigenvalue weighted by Crippen LogP contribution is -2.28. The maximum atomic E-state index is 12.3. The van der Waals surface area contributed by atoms with E-state index >= 15 is 0 Å². The zero-order valence-electron chi connectivity index (χ0n) is 21.5. The molecule has 6 heteroatoms. The summed E-state index contributed by atoms with van der Waals surface area (Å²) in [6.45, 7) is 4.12. The third kappa shape index (κ3) is 23.4. The Morgan fingerprint density at radius 2 is 1.12 bits per heavy atom. The highest BCUT2D eigenvalue weighted by Crippen LogP contribution is 2.18. The Labute approximate surface area is 202 Å². The minimum absolute atomic E-state index is 0.0162. The predicted octanol–water partition coefficient (Wildman–Crippen LogP) is 6.94. The Hall–Kier alpha value is -1.59. The summed E-state index contributed by atoms with van der Waals surface area (Å²) in [4.78, 5) is 34.3. The van der Waals surface area contributed by atoms with Crippen LogP contribution in [0.5, 0.6) is 0 Å². The quantitative estimate of drug-likeness (QED) is 0.118. The molecule has 0 aliphatic carbocycles. The molecule has 1 unspecified atom stereocenters. The van der Waals surface area contributed by atoms with Gasteiger partial charge >= 0.3 is 11.9 Å². The van der Waals surface area contributed by atoms with Gasteiger partial charge in [0.2, 0.25) is 5.91 Å². The van der Waals surface area contributed by atoms with Crippen molar-refractivity contribution >= 4 is 17.8 Å². The van der Waals surface area contributed by atoms with Crippen LogP contribution in [0, 0.1) is 0 Å². The van der Waals surface area contributed by atoms with Crippen LogP contribution in [0.1, 0.15) is 142 Å². The number of esters is 1. The highest BCUT2D eigenvalue weighted by Gasteiger charge is 2.14. The first-order valence-corrected chi connectivity index (χ1v) is 13.7. The molecule has 0 saturated carbocycles. The fraction of sp³-hybridized carbons (Fsp3) is 0.889. The average molecular weight is 470 g/mol. The van der Waals surface area contributed by atoms with Crippen LogP contribution in [0.15, 0.2) is 0 Å². The number of ether oxygens (including phenoxy) is 1. The van der Waals surface area contributed by atoms with E-state index in [9.17, 15) is 14.4 Å². The lowest BCUT2D eigenvalue weighted by atomic mass is 10.0. The van der Waals surface area contributed by atoms with Crippen molar-refractivity contribution in [3.8, 4) is 0 Å². The van der Waals surface area contributed by atoms with Crippen LogP contribution in [0.4, 0.5) is 0 Å². The number of hydrogen-bond acceptors (Lipinski definition) is 4. The molecule has 1 atom stereocenters. The van der Waals surface area contributed by atoms with Gasteiger partial charge in [0.1, 0.15) is 12.6 Å². The van der Waals surface area contributed by atoms with Gasteiger partial charge in [-0.25, -0.2) is 0 Å². The molecule has 0 saturated heterocycles. The van der Waals surface area contributed by atoms with Crippen molar-refractivity contribution < 1.29 is 24.2 Å². The molecule has 1 amide bonds. The van der Waals surface area contributed by atoms with Gasteiger partial charge in [-0.3, -0.25) is 14.4 Å². The second kappa shape index (κ2) is 23.6. The Bertz CT molecular complexity index is 495. The van der Waals surface area contributed by atoms with Gasteiger partial charge in [0.15, 0.2) is 0 Å². The summed E-state index contributed by atoms with van der Waals surface area (Å²) in [5.41, 5.74) is 0. The molecular weight excluding hydrogens is 418 g/mol. The number of hydrogen-bond donors (Lipinski definition) is 2. The summed E-state index contributed by atoms with van der Waals surface area (Å²) in [6.07, 6.45) is 20.8. The fourth-order valence-corrected chi connectivity index (χ4v) is 3.98. The summed E-state index contributed by atoms with van der Waals surface area (Å²) in [5, 5.41) is 11.0. The molecular formula is C27H51NO5. The average Bonchev–Trinajstić information content (AvgIpc) is 2.78. The minimum Gasteiger partial charge on any atom is -0.480 e. The highest BCUT2D eigenvalue weighted by molar-refractivity contribution is 5.80. The van der Waals surface area contributed by atoms with Gasteiger partial charge in [0.25, 0.3) is 0 Å². The number of aliphatic carboxylic acids is 1. The first-order chi connectivity index (χ1) is 16.0. The molecule has 0 aromatic carbocycles. The SMILES string of the molecule is CCCCCCCCCC(=O)OC(CCCCCCC)CCCCCCC(=O)NCC(=O)O. The largest absolute Gasteiger partial charge is 0.480 e. The van der Waals surface area contributed by atoms with E-state index in [-0.39, 0.29) is 24.5 Å². The van der Waals surface area contributed by atoms with E-state index in [4.69, 9.17) is 9.84 Å². The van der Waals surface area contributed by atoms with Crippen LogP contribution < -0.4 is 5.32 Å². The number of nitrogens with one attached hydrogen (secondary N) is 1. The number of unbranched alkanes of at least 4 members (excludes halogenated alkanes) is 13. The van der Waals surface area contributed by atoms with Crippen molar-refractivity contribution in [3.63, 3.8) is 0 Å². The van der Waals surface area contributed by atoms with Gasteiger partial charge in [0, 0.05) is 12.8 Å². The first kappa shape index (κ1) is 31.4. The highest BCUT2D eigenvalue weighted by atomic mass is 16.5. The molecule has 0 aliphatic heterocycles. The smallest absolute Gasteiger partial charge is 0.322 e. The number of amides is 1. The molecule has 0 heterocycles. The summed E-state index contributed by atoms with van der Waals surface area (Å²) in [5.74, 6) is -1.27. The molecule has 0 fully saturated rings. The van der Waals surface area contributed by atoms with Crippen LogP contribution in [-0.4, -0.2) is 35.6 Å². The molecule has 194 valence electrons. The molecule has 0 bridgehead atoms. The predicted molar refractivity (Wildman–Crippen MR) is 134 cm³/mol. The standard InChI is InChI=1S/C27H51NO5/c1-3-5-7-9-10-12-18-22-27(32)33-24(19-15-11-8-6-4-2)20-16-13-14-17-21-25(29)28-23-26(30)31/h24H,3-23H2,1-2H3,(H,28,29)(H,30,31). The zero-order chi connectivity index (χ0) is 24.6. The molecule has 6 nitrogen and oxygen atoms in total. The summed E-state index contributed by atoms with van der Waals surface area (Å²) in [6, 6.07) is 0. The number of carbonyl (C=O) groups is 3. The zero-order valence-corrected chi connectivity index (χ0v) is 21.5. The van der Waals surface area contributed by atoms with Crippen molar-refractivity contribution in [2.45, 2.75) is 148 Å². The monoisotopic (exact) mass is 469 g/mol. The Morgan fingerprint density at radius 3 is 1.64 bits per heavy atom. The number of carboxylic acids is 1. The van der Waals surface area contributed by atoms with E-state index < -0.39 is 5.97 Å². The molecule has 0 aromatic heterocycles.